The summed E-state index contributed by atoms with van der Waals surface area (Å²) in [6.45, 7) is 7.16. The number of nitrogens with zero attached hydrogens (tertiary/aromatic N) is 2. The summed E-state index contributed by atoms with van der Waals surface area (Å²) in [6, 6.07) is 13.6. The van der Waals surface area contributed by atoms with Crippen LogP contribution in [-0.2, 0) is 6.54 Å². The zero-order valence-electron chi connectivity index (χ0n) is 16.1. The topological polar surface area (TPSA) is 46.9 Å². The van der Waals surface area contributed by atoms with Crippen LogP contribution in [0.5, 0.6) is 0 Å². The molecule has 1 atom stereocenters. The number of carbonyl (C=O) groups excluding carboxylic acids is 1. The first kappa shape index (κ1) is 19.4. The van der Waals surface area contributed by atoms with Gasteiger partial charge in [0.2, 0.25) is 0 Å². The largest absolute Gasteiger partial charge is 0.350 e. The first-order valence-electron chi connectivity index (χ1n) is 9.42. The fourth-order valence-electron chi connectivity index (χ4n) is 3.08. The van der Waals surface area contributed by atoms with Crippen LogP contribution in [0.2, 0.25) is 5.02 Å². The summed E-state index contributed by atoms with van der Waals surface area (Å²) in [7, 11) is 0. The highest BCUT2D eigenvalue weighted by atomic mass is 35.5. The summed E-state index contributed by atoms with van der Waals surface area (Å²) < 4.78 is 2.07. The maximum Gasteiger partial charge on any atom is 0.251 e. The number of hydrogen-bond donors (Lipinski definition) is 1. The quantitative estimate of drug-likeness (QED) is 0.602. The van der Waals surface area contributed by atoms with Gasteiger partial charge in [-0.25, -0.2) is 4.98 Å². The Hall–Kier alpha value is -2.33. The molecule has 0 aliphatic rings. The van der Waals surface area contributed by atoms with Crippen LogP contribution in [0, 0.1) is 5.92 Å². The van der Waals surface area contributed by atoms with Crippen molar-refractivity contribution < 1.29 is 4.79 Å². The van der Waals surface area contributed by atoms with Crippen molar-refractivity contribution in [3.05, 3.63) is 64.9 Å². The number of aromatic nitrogens is 2. The zero-order valence-corrected chi connectivity index (χ0v) is 16.8. The van der Waals surface area contributed by atoms with Crippen LogP contribution in [0.15, 0.2) is 48.8 Å². The van der Waals surface area contributed by atoms with E-state index in [-0.39, 0.29) is 11.9 Å². The first-order chi connectivity index (χ1) is 12.9. The molecule has 2 aromatic carbocycles. The Morgan fingerprint density at radius 2 is 1.85 bits per heavy atom. The number of benzene rings is 2. The number of fused-ring (bicyclic) bond motifs is 1. The molecule has 142 valence electrons. The van der Waals surface area contributed by atoms with Crippen LogP contribution in [0.3, 0.4) is 0 Å². The standard InChI is InChI=1S/C22H26ClN3O/c1-15(2)4-5-16(3)25-22(27)18-8-11-21-20(12-18)24-14-26(21)13-17-6-9-19(23)10-7-17/h6-12,14-16H,4-5,13H2,1-3H3,(H,25,27). The van der Waals surface area contributed by atoms with Gasteiger partial charge < -0.3 is 9.88 Å². The lowest BCUT2D eigenvalue weighted by molar-refractivity contribution is 0.0937. The molecule has 4 nitrogen and oxygen atoms in total. The Labute approximate surface area is 165 Å². The van der Waals surface area contributed by atoms with Crippen LogP contribution < -0.4 is 5.32 Å². The van der Waals surface area contributed by atoms with Gasteiger partial charge in [0.05, 0.1) is 17.4 Å². The number of imidazole rings is 1. The van der Waals surface area contributed by atoms with Crippen molar-refractivity contribution in [1.82, 2.24) is 14.9 Å². The van der Waals surface area contributed by atoms with Gasteiger partial charge in [0.25, 0.3) is 5.91 Å². The van der Waals surface area contributed by atoms with E-state index < -0.39 is 0 Å². The Kier molecular flexibility index (Phi) is 6.17. The molecule has 3 aromatic rings. The molecule has 1 aromatic heterocycles. The maximum absolute atomic E-state index is 12.5. The summed E-state index contributed by atoms with van der Waals surface area (Å²) in [5, 5.41) is 3.81. The van der Waals surface area contributed by atoms with Crippen molar-refractivity contribution in [2.45, 2.75) is 46.2 Å². The second kappa shape index (κ2) is 8.57. The maximum atomic E-state index is 12.5. The Morgan fingerprint density at radius 3 is 2.56 bits per heavy atom. The lowest BCUT2D eigenvalue weighted by Crippen LogP contribution is -2.32. The van der Waals surface area contributed by atoms with Crippen molar-refractivity contribution in [3.63, 3.8) is 0 Å². The normalized spacial score (nSPS) is 12.5. The molecule has 1 N–H and O–H groups in total. The van der Waals surface area contributed by atoms with E-state index in [1.807, 2.05) is 48.8 Å². The van der Waals surface area contributed by atoms with Gasteiger partial charge in [0.15, 0.2) is 0 Å². The van der Waals surface area contributed by atoms with Crippen molar-refractivity contribution in [2.24, 2.45) is 5.92 Å². The lowest BCUT2D eigenvalue weighted by Gasteiger charge is -2.15. The molecule has 0 aliphatic heterocycles. The molecule has 0 saturated heterocycles. The summed E-state index contributed by atoms with van der Waals surface area (Å²) in [5.41, 5.74) is 3.64. The Bertz CT molecular complexity index is 915. The van der Waals surface area contributed by atoms with Crippen LogP contribution >= 0.6 is 11.6 Å². The predicted molar refractivity (Wildman–Crippen MR) is 111 cm³/mol. The minimum Gasteiger partial charge on any atom is -0.350 e. The molecular formula is C22H26ClN3O. The van der Waals surface area contributed by atoms with E-state index in [0.29, 0.717) is 18.0 Å². The van der Waals surface area contributed by atoms with E-state index in [2.05, 4.69) is 35.6 Å². The van der Waals surface area contributed by atoms with Crippen molar-refractivity contribution in [1.29, 1.82) is 0 Å². The molecule has 0 aliphatic carbocycles. The summed E-state index contributed by atoms with van der Waals surface area (Å²) >= 11 is 5.95. The van der Waals surface area contributed by atoms with E-state index in [4.69, 9.17) is 11.6 Å². The number of carbonyl (C=O) groups is 1. The third-order valence-corrected chi connectivity index (χ3v) is 4.96. The van der Waals surface area contributed by atoms with Crippen LogP contribution in [0.25, 0.3) is 11.0 Å². The molecule has 0 bridgehead atoms. The van der Waals surface area contributed by atoms with Gasteiger partial charge in [-0.05, 0) is 61.6 Å². The SMILES string of the molecule is CC(C)CCC(C)NC(=O)c1ccc2c(c1)ncn2Cc1ccc(Cl)cc1. The van der Waals surface area contributed by atoms with Crippen LogP contribution in [0.1, 0.15) is 49.5 Å². The van der Waals surface area contributed by atoms with Gasteiger partial charge in [0.1, 0.15) is 0 Å². The highest BCUT2D eigenvalue weighted by Crippen LogP contribution is 2.18. The van der Waals surface area contributed by atoms with Crippen molar-refractivity contribution in [3.8, 4) is 0 Å². The van der Waals surface area contributed by atoms with E-state index in [9.17, 15) is 4.79 Å². The van der Waals surface area contributed by atoms with Gasteiger partial charge in [0, 0.05) is 23.2 Å². The van der Waals surface area contributed by atoms with E-state index in [1.165, 1.54) is 0 Å². The molecule has 0 spiro atoms. The molecular weight excluding hydrogens is 358 g/mol. The second-order valence-corrected chi connectivity index (χ2v) is 7.98. The van der Waals surface area contributed by atoms with Crippen LogP contribution in [0.4, 0.5) is 0 Å². The zero-order chi connectivity index (χ0) is 19.4. The van der Waals surface area contributed by atoms with Gasteiger partial charge in [-0.3, -0.25) is 4.79 Å². The molecule has 1 amide bonds. The smallest absolute Gasteiger partial charge is 0.251 e. The van der Waals surface area contributed by atoms with E-state index in [1.54, 1.807) is 0 Å². The number of halogens is 1. The first-order valence-corrected chi connectivity index (χ1v) is 9.80. The van der Waals surface area contributed by atoms with Gasteiger partial charge in [-0.2, -0.15) is 0 Å². The monoisotopic (exact) mass is 383 g/mol. The lowest BCUT2D eigenvalue weighted by atomic mass is 10.0. The van der Waals surface area contributed by atoms with E-state index >= 15 is 0 Å². The van der Waals surface area contributed by atoms with Gasteiger partial charge in [-0.15, -0.1) is 0 Å². The number of hydrogen-bond acceptors (Lipinski definition) is 2. The molecule has 5 heteroatoms. The fourth-order valence-corrected chi connectivity index (χ4v) is 3.21. The molecule has 3 rings (SSSR count). The number of rotatable bonds is 7. The fraction of sp³-hybridized carbons (Fsp3) is 0.364. The minimum atomic E-state index is -0.0413. The third kappa shape index (κ3) is 5.10. The van der Waals surface area contributed by atoms with Crippen molar-refractivity contribution in [2.75, 3.05) is 0 Å². The molecule has 0 saturated carbocycles. The van der Waals surface area contributed by atoms with Crippen molar-refractivity contribution >= 4 is 28.5 Å². The van der Waals surface area contributed by atoms with Gasteiger partial charge in [-0.1, -0.05) is 37.6 Å². The Morgan fingerprint density at radius 1 is 1.11 bits per heavy atom. The van der Waals surface area contributed by atoms with E-state index in [0.717, 1.165) is 34.5 Å². The number of nitrogens with one attached hydrogen (secondary N) is 1. The summed E-state index contributed by atoms with van der Waals surface area (Å²) in [6.07, 6.45) is 3.91. The molecule has 0 fully saturated rings. The average molecular weight is 384 g/mol. The molecule has 0 radical (unpaired) electrons. The molecule has 27 heavy (non-hydrogen) atoms. The third-order valence-electron chi connectivity index (χ3n) is 4.70. The second-order valence-electron chi connectivity index (χ2n) is 7.55. The Balaban J connectivity index is 1.71. The summed E-state index contributed by atoms with van der Waals surface area (Å²) in [5.74, 6) is 0.603. The summed E-state index contributed by atoms with van der Waals surface area (Å²) in [4.78, 5) is 17.0. The van der Waals surface area contributed by atoms with Crippen LogP contribution in [-0.4, -0.2) is 21.5 Å². The molecule has 1 heterocycles. The number of amides is 1. The molecule has 1 unspecified atom stereocenters. The average Bonchev–Trinajstić information content (AvgIpc) is 3.04. The highest BCUT2D eigenvalue weighted by molar-refractivity contribution is 6.30. The minimum absolute atomic E-state index is 0.0413. The predicted octanol–water partition coefficient (Wildman–Crippen LogP) is 5.29. The van der Waals surface area contributed by atoms with Gasteiger partial charge >= 0.3 is 0 Å². The highest BCUT2D eigenvalue weighted by Gasteiger charge is 2.12.